The Kier molecular flexibility index (Phi) is 5.22. The van der Waals surface area contributed by atoms with Gasteiger partial charge in [-0.25, -0.2) is 0 Å². The summed E-state index contributed by atoms with van der Waals surface area (Å²) in [5.41, 5.74) is 1.16. The molecule has 1 saturated heterocycles. The Morgan fingerprint density at radius 1 is 1.42 bits per heavy atom. The van der Waals surface area contributed by atoms with Gasteiger partial charge in [-0.3, -0.25) is 4.79 Å². The van der Waals surface area contributed by atoms with Crippen LogP contribution in [0, 0.1) is 5.92 Å². The lowest BCUT2D eigenvalue weighted by atomic mass is 10.0. The van der Waals surface area contributed by atoms with E-state index in [2.05, 4.69) is 45.9 Å². The molecule has 1 heterocycles. The fraction of sp³-hybridized carbons (Fsp3) is 0.462. The van der Waals surface area contributed by atoms with Crippen LogP contribution in [0.3, 0.4) is 0 Å². The third kappa shape index (κ3) is 3.29. The van der Waals surface area contributed by atoms with E-state index in [0.29, 0.717) is 13.0 Å². The highest BCUT2D eigenvalue weighted by atomic mass is 79.9. The van der Waals surface area contributed by atoms with Crippen molar-refractivity contribution in [1.29, 1.82) is 0 Å². The van der Waals surface area contributed by atoms with Crippen LogP contribution in [0.2, 0.25) is 0 Å². The molecule has 2 unspecified atom stereocenters. The highest BCUT2D eigenvalue weighted by molar-refractivity contribution is 9.10. The second-order valence-electron chi connectivity index (χ2n) is 4.47. The van der Waals surface area contributed by atoms with Gasteiger partial charge in [0.2, 0.25) is 0 Å². The molecule has 2 rings (SSSR count). The van der Waals surface area contributed by atoms with Gasteiger partial charge in [0.25, 0.3) is 0 Å². The summed E-state index contributed by atoms with van der Waals surface area (Å²) in [5, 5.41) is 12.4. The maximum absolute atomic E-state index is 11.0. The van der Waals surface area contributed by atoms with E-state index in [0.717, 1.165) is 10.0 Å². The third-order valence-electron chi connectivity index (χ3n) is 3.34. The summed E-state index contributed by atoms with van der Waals surface area (Å²) in [5.74, 6) is -0.985. The van der Waals surface area contributed by atoms with Gasteiger partial charge in [0.15, 0.2) is 0 Å². The molecule has 1 aromatic carbocycles. The highest BCUT2D eigenvalue weighted by Crippen LogP contribution is 2.39. The maximum atomic E-state index is 11.0. The Balaban J connectivity index is 2.27. The van der Waals surface area contributed by atoms with Crippen molar-refractivity contribution in [3.63, 3.8) is 0 Å². The molecule has 1 aliphatic heterocycles. The van der Waals surface area contributed by atoms with Gasteiger partial charge in [-0.1, -0.05) is 0 Å². The van der Waals surface area contributed by atoms with Crippen LogP contribution >= 0.6 is 39.5 Å². The topological polar surface area (TPSA) is 49.3 Å². The predicted octanol–water partition coefficient (Wildman–Crippen LogP) is 3.63. The molecule has 0 amide bonds. The van der Waals surface area contributed by atoms with Crippen molar-refractivity contribution in [3.05, 3.63) is 22.2 Å². The van der Waals surface area contributed by atoms with Crippen molar-refractivity contribution in [3.8, 4) is 0 Å². The first kappa shape index (κ1) is 15.2. The number of benzene rings is 1. The van der Waals surface area contributed by atoms with Crippen LogP contribution in [0.25, 0.3) is 0 Å². The molecule has 0 radical (unpaired) electrons. The molecule has 19 heavy (non-hydrogen) atoms. The minimum Gasteiger partial charge on any atom is -0.481 e. The molecule has 1 aromatic rings. The van der Waals surface area contributed by atoms with Crippen LogP contribution in [-0.2, 0) is 4.79 Å². The smallest absolute Gasteiger partial charge is 0.307 e. The zero-order valence-electron chi connectivity index (χ0n) is 10.8. The van der Waals surface area contributed by atoms with Crippen molar-refractivity contribution in [2.75, 3.05) is 19.1 Å². The fourth-order valence-corrected chi connectivity index (χ4v) is 4.97. The number of hydrogen-bond donors (Lipinski definition) is 2. The van der Waals surface area contributed by atoms with E-state index in [9.17, 15) is 4.79 Å². The highest BCUT2D eigenvalue weighted by Gasteiger charge is 2.30. The van der Waals surface area contributed by atoms with Gasteiger partial charge in [-0.15, -0.1) is 23.5 Å². The summed E-state index contributed by atoms with van der Waals surface area (Å²) < 4.78 is 1.09. The number of thioether (sulfide) groups is 2. The average Bonchev–Trinajstić information content (AvgIpc) is 2.87. The van der Waals surface area contributed by atoms with E-state index in [4.69, 9.17) is 5.11 Å². The lowest BCUT2D eigenvalue weighted by Crippen LogP contribution is -2.17. The van der Waals surface area contributed by atoms with E-state index in [1.165, 1.54) is 9.79 Å². The van der Waals surface area contributed by atoms with Gasteiger partial charge in [-0.05, 0) is 52.6 Å². The molecule has 6 heteroatoms. The Hall–Kier alpha value is -0.170. The Bertz CT molecular complexity index is 496. The standard InChI is InChI=1S/C13H16BrNO2S2/c1-18-11-5-7(3-9(14)12(11)19-2)10-4-8(6-15-10)13(16)17/h3,5,8,10,15H,4,6H2,1-2H3,(H,16,17). The Morgan fingerprint density at radius 2 is 2.16 bits per heavy atom. The summed E-state index contributed by atoms with van der Waals surface area (Å²) in [7, 11) is 0. The zero-order chi connectivity index (χ0) is 14.0. The summed E-state index contributed by atoms with van der Waals surface area (Å²) in [6.45, 7) is 0.552. The first-order valence-electron chi connectivity index (χ1n) is 5.94. The summed E-state index contributed by atoms with van der Waals surface area (Å²) >= 11 is 7.05. The molecule has 0 saturated carbocycles. The molecular formula is C13H16BrNO2S2. The molecule has 2 N–H and O–H groups in total. The van der Waals surface area contributed by atoms with E-state index in [1.807, 2.05) is 0 Å². The molecule has 1 fully saturated rings. The predicted molar refractivity (Wildman–Crippen MR) is 84.2 cm³/mol. The van der Waals surface area contributed by atoms with Gasteiger partial charge in [0.05, 0.1) is 5.92 Å². The molecule has 0 bridgehead atoms. The van der Waals surface area contributed by atoms with Crippen LogP contribution in [0.4, 0.5) is 0 Å². The van der Waals surface area contributed by atoms with Gasteiger partial charge in [0.1, 0.15) is 0 Å². The van der Waals surface area contributed by atoms with E-state index in [-0.39, 0.29) is 12.0 Å². The zero-order valence-corrected chi connectivity index (χ0v) is 14.0. The normalized spacial score (nSPS) is 22.7. The number of carboxylic acid groups (broad SMARTS) is 1. The molecule has 3 nitrogen and oxygen atoms in total. The van der Waals surface area contributed by atoms with Gasteiger partial charge in [-0.2, -0.15) is 0 Å². The number of carboxylic acids is 1. The van der Waals surface area contributed by atoms with Crippen molar-refractivity contribution in [2.45, 2.75) is 22.3 Å². The fourth-order valence-electron chi connectivity index (χ4n) is 2.32. The third-order valence-corrected chi connectivity index (χ3v) is 5.97. The Morgan fingerprint density at radius 3 is 2.68 bits per heavy atom. The number of halogens is 1. The van der Waals surface area contributed by atoms with Gasteiger partial charge >= 0.3 is 5.97 Å². The first-order chi connectivity index (χ1) is 9.06. The van der Waals surface area contributed by atoms with Crippen LogP contribution in [0.1, 0.15) is 18.0 Å². The Labute approximate surface area is 130 Å². The van der Waals surface area contributed by atoms with Crippen molar-refractivity contribution < 1.29 is 9.90 Å². The molecule has 1 aliphatic rings. The number of aliphatic carboxylic acids is 1. The van der Waals surface area contributed by atoms with Gasteiger partial charge in [0, 0.05) is 26.9 Å². The molecule has 0 aromatic heterocycles. The largest absolute Gasteiger partial charge is 0.481 e. The lowest BCUT2D eigenvalue weighted by Gasteiger charge is -2.15. The van der Waals surface area contributed by atoms with Crippen molar-refractivity contribution in [2.24, 2.45) is 5.92 Å². The molecular weight excluding hydrogens is 346 g/mol. The number of nitrogens with one attached hydrogen (secondary N) is 1. The molecule has 0 spiro atoms. The lowest BCUT2D eigenvalue weighted by molar-refractivity contribution is -0.141. The summed E-state index contributed by atoms with van der Waals surface area (Å²) in [6.07, 6.45) is 4.79. The molecule has 2 atom stereocenters. The quantitative estimate of drug-likeness (QED) is 0.801. The minimum atomic E-state index is -0.708. The van der Waals surface area contributed by atoms with Crippen LogP contribution in [-0.4, -0.2) is 30.1 Å². The SMILES string of the molecule is CSc1cc(C2CC(C(=O)O)CN2)cc(Br)c1SC. The van der Waals surface area contributed by atoms with Gasteiger partial charge < -0.3 is 10.4 Å². The second kappa shape index (κ2) is 6.52. The number of hydrogen-bond acceptors (Lipinski definition) is 4. The van der Waals surface area contributed by atoms with Crippen molar-refractivity contribution >= 4 is 45.4 Å². The monoisotopic (exact) mass is 361 g/mol. The minimum absolute atomic E-state index is 0.138. The second-order valence-corrected chi connectivity index (χ2v) is 6.99. The van der Waals surface area contributed by atoms with E-state index in [1.54, 1.807) is 23.5 Å². The summed E-state index contributed by atoms with van der Waals surface area (Å²) in [4.78, 5) is 13.5. The molecule has 104 valence electrons. The van der Waals surface area contributed by atoms with Crippen LogP contribution in [0.15, 0.2) is 26.4 Å². The van der Waals surface area contributed by atoms with Crippen molar-refractivity contribution in [1.82, 2.24) is 5.32 Å². The number of carbonyl (C=O) groups is 1. The van der Waals surface area contributed by atoms with Crippen LogP contribution < -0.4 is 5.32 Å². The van der Waals surface area contributed by atoms with Crippen LogP contribution in [0.5, 0.6) is 0 Å². The summed E-state index contributed by atoms with van der Waals surface area (Å²) in [6, 6.07) is 4.41. The number of rotatable bonds is 4. The van der Waals surface area contributed by atoms with E-state index < -0.39 is 5.97 Å². The first-order valence-corrected chi connectivity index (χ1v) is 9.18. The molecule has 0 aliphatic carbocycles. The van der Waals surface area contributed by atoms with E-state index >= 15 is 0 Å². The average molecular weight is 362 g/mol. The maximum Gasteiger partial charge on any atom is 0.307 e.